The molecule has 2 rings (SSSR count). The van der Waals surface area contributed by atoms with Crippen molar-refractivity contribution in [2.75, 3.05) is 7.05 Å². The minimum Gasteiger partial charge on any atom is -0.361 e. The molecule has 2 heterocycles. The van der Waals surface area contributed by atoms with Gasteiger partial charge in [0.15, 0.2) is 5.96 Å². The highest BCUT2D eigenvalue weighted by atomic mass is 127. The first-order valence-corrected chi connectivity index (χ1v) is 9.01. The molecule has 0 radical (unpaired) electrons. The molecule has 0 atom stereocenters. The van der Waals surface area contributed by atoms with Crippen molar-refractivity contribution in [2.45, 2.75) is 53.1 Å². The zero-order valence-electron chi connectivity index (χ0n) is 14.8. The molecule has 134 valence electrons. The highest BCUT2D eigenvalue weighted by molar-refractivity contribution is 14.0. The first-order valence-electron chi connectivity index (χ1n) is 8.20. The first-order chi connectivity index (χ1) is 11.2. The van der Waals surface area contributed by atoms with E-state index in [-0.39, 0.29) is 24.0 Å². The van der Waals surface area contributed by atoms with E-state index in [1.54, 1.807) is 7.05 Å². The van der Waals surface area contributed by atoms with Crippen LogP contribution in [0.3, 0.4) is 0 Å². The Morgan fingerprint density at radius 2 is 1.79 bits per heavy atom. The van der Waals surface area contributed by atoms with Crippen molar-refractivity contribution in [3.8, 4) is 0 Å². The van der Waals surface area contributed by atoms with Gasteiger partial charge >= 0.3 is 0 Å². The van der Waals surface area contributed by atoms with Gasteiger partial charge in [0.25, 0.3) is 0 Å². The van der Waals surface area contributed by atoms with Crippen molar-refractivity contribution in [2.24, 2.45) is 4.99 Å². The number of hydrogen-bond donors (Lipinski definition) is 2. The summed E-state index contributed by atoms with van der Waals surface area (Å²) in [5.41, 5.74) is 2.18. The third-order valence-electron chi connectivity index (χ3n) is 3.76. The van der Waals surface area contributed by atoms with E-state index < -0.39 is 0 Å². The van der Waals surface area contributed by atoms with Crippen molar-refractivity contribution in [1.29, 1.82) is 0 Å². The second-order valence-corrected chi connectivity index (χ2v) is 6.49. The maximum absolute atomic E-state index is 5.40. The second kappa shape index (κ2) is 10.7. The molecule has 24 heavy (non-hydrogen) atoms. The van der Waals surface area contributed by atoms with Crippen molar-refractivity contribution >= 4 is 41.3 Å². The summed E-state index contributed by atoms with van der Waals surface area (Å²) in [5.74, 6) is 1.75. The summed E-state index contributed by atoms with van der Waals surface area (Å²) in [6.07, 6.45) is 2.82. The van der Waals surface area contributed by atoms with Gasteiger partial charge in [0.05, 0.1) is 12.2 Å². The van der Waals surface area contributed by atoms with Gasteiger partial charge in [0.2, 0.25) is 0 Å². The van der Waals surface area contributed by atoms with Crippen molar-refractivity contribution in [3.05, 3.63) is 38.9 Å². The maximum atomic E-state index is 5.40. The summed E-state index contributed by atoms with van der Waals surface area (Å²) >= 11 is 1.84. The number of aliphatic imine (C=N–C) groups is 1. The van der Waals surface area contributed by atoms with Crippen LogP contribution in [0, 0.1) is 0 Å². The molecule has 0 spiro atoms. The average Bonchev–Trinajstić information content (AvgIpc) is 3.20. The quantitative estimate of drug-likeness (QED) is 0.372. The minimum atomic E-state index is 0. The van der Waals surface area contributed by atoms with Gasteiger partial charge in [0, 0.05) is 35.3 Å². The van der Waals surface area contributed by atoms with Crippen LogP contribution in [0.2, 0.25) is 0 Å². The zero-order chi connectivity index (χ0) is 16.7. The molecule has 2 N–H and O–H groups in total. The monoisotopic (exact) mass is 462 g/mol. The second-order valence-electron chi connectivity index (χ2n) is 5.24. The van der Waals surface area contributed by atoms with Crippen LogP contribution in [0.5, 0.6) is 0 Å². The Kier molecular flexibility index (Phi) is 9.35. The Morgan fingerprint density at radius 1 is 1.08 bits per heavy atom. The molecule has 0 saturated carbocycles. The molecule has 0 aromatic carbocycles. The standard InChI is InChI=1S/C17H26N4OS.HI/c1-5-12-8-9-13(23-12)10-19-17(18-4)20-11-14-15(6-2)21-22-16(14)7-3;/h8-9H,5-7,10-11H2,1-4H3,(H2,18,19,20);1H. The Balaban J connectivity index is 0.00000288. The van der Waals surface area contributed by atoms with Gasteiger partial charge in [-0.3, -0.25) is 4.99 Å². The van der Waals surface area contributed by atoms with E-state index >= 15 is 0 Å². The lowest BCUT2D eigenvalue weighted by Crippen LogP contribution is -2.36. The van der Waals surface area contributed by atoms with Crippen molar-refractivity contribution in [1.82, 2.24) is 15.8 Å². The Morgan fingerprint density at radius 3 is 2.38 bits per heavy atom. The number of nitrogens with one attached hydrogen (secondary N) is 2. The van der Waals surface area contributed by atoms with Crippen LogP contribution >= 0.6 is 35.3 Å². The van der Waals surface area contributed by atoms with E-state index in [0.29, 0.717) is 6.54 Å². The molecule has 0 fully saturated rings. The number of hydrogen-bond acceptors (Lipinski definition) is 4. The normalized spacial score (nSPS) is 11.2. The molecule has 5 nitrogen and oxygen atoms in total. The van der Waals surface area contributed by atoms with Crippen molar-refractivity contribution < 1.29 is 4.52 Å². The summed E-state index contributed by atoms with van der Waals surface area (Å²) in [7, 11) is 1.79. The third kappa shape index (κ3) is 5.47. The van der Waals surface area contributed by atoms with Gasteiger partial charge in [-0.1, -0.05) is 25.9 Å². The molecule has 0 bridgehead atoms. The van der Waals surface area contributed by atoms with Crippen LogP contribution < -0.4 is 10.6 Å². The summed E-state index contributed by atoms with van der Waals surface area (Å²) in [4.78, 5) is 7.02. The summed E-state index contributed by atoms with van der Waals surface area (Å²) in [6, 6.07) is 4.37. The summed E-state index contributed by atoms with van der Waals surface area (Å²) in [5, 5.41) is 10.9. The number of aryl methyl sites for hydroxylation is 3. The van der Waals surface area contributed by atoms with E-state index in [1.807, 2.05) is 11.3 Å². The van der Waals surface area contributed by atoms with Crippen LogP contribution in [-0.4, -0.2) is 18.2 Å². The van der Waals surface area contributed by atoms with E-state index in [2.05, 4.69) is 53.7 Å². The van der Waals surface area contributed by atoms with Crippen LogP contribution in [0.25, 0.3) is 0 Å². The zero-order valence-corrected chi connectivity index (χ0v) is 18.0. The highest BCUT2D eigenvalue weighted by Gasteiger charge is 2.13. The predicted octanol–water partition coefficient (Wildman–Crippen LogP) is 3.91. The molecule has 0 aliphatic carbocycles. The Hall–Kier alpha value is -1.09. The van der Waals surface area contributed by atoms with Gasteiger partial charge in [-0.15, -0.1) is 35.3 Å². The Labute approximate surface area is 165 Å². The molecule has 2 aromatic heterocycles. The largest absolute Gasteiger partial charge is 0.361 e. The maximum Gasteiger partial charge on any atom is 0.191 e. The number of rotatable bonds is 7. The van der Waals surface area contributed by atoms with Crippen molar-refractivity contribution in [3.63, 3.8) is 0 Å². The van der Waals surface area contributed by atoms with E-state index in [9.17, 15) is 0 Å². The van der Waals surface area contributed by atoms with Crippen LogP contribution in [-0.2, 0) is 32.4 Å². The van der Waals surface area contributed by atoms with Crippen LogP contribution in [0.1, 0.15) is 47.5 Å². The highest BCUT2D eigenvalue weighted by Crippen LogP contribution is 2.17. The van der Waals surface area contributed by atoms with E-state index in [1.165, 1.54) is 9.75 Å². The minimum absolute atomic E-state index is 0. The molecule has 0 unspecified atom stereocenters. The summed E-state index contributed by atoms with van der Waals surface area (Å²) < 4.78 is 5.40. The molecule has 7 heteroatoms. The SMILES string of the molecule is CCc1ccc(CNC(=NC)NCc2c(CC)noc2CC)s1.I. The van der Waals surface area contributed by atoms with Gasteiger partial charge in [0.1, 0.15) is 5.76 Å². The lowest BCUT2D eigenvalue weighted by Gasteiger charge is -2.11. The van der Waals surface area contributed by atoms with Crippen LogP contribution in [0.4, 0.5) is 0 Å². The predicted molar refractivity (Wildman–Crippen MR) is 111 cm³/mol. The fourth-order valence-corrected chi connectivity index (χ4v) is 3.31. The topological polar surface area (TPSA) is 62.5 Å². The number of nitrogens with zero attached hydrogens (tertiary/aromatic N) is 2. The smallest absolute Gasteiger partial charge is 0.191 e. The molecule has 0 aliphatic heterocycles. The summed E-state index contributed by atoms with van der Waals surface area (Å²) in [6.45, 7) is 7.82. The molecule has 2 aromatic rings. The van der Waals surface area contributed by atoms with E-state index in [4.69, 9.17) is 4.52 Å². The molecule has 0 saturated heterocycles. The number of halogens is 1. The number of guanidine groups is 1. The van der Waals surface area contributed by atoms with Gasteiger partial charge in [-0.05, 0) is 25.0 Å². The lowest BCUT2D eigenvalue weighted by molar-refractivity contribution is 0.380. The third-order valence-corrected chi connectivity index (χ3v) is 4.99. The fourth-order valence-electron chi connectivity index (χ4n) is 2.41. The molecule has 0 aliphatic rings. The molecular weight excluding hydrogens is 435 g/mol. The number of thiophene rings is 1. The lowest BCUT2D eigenvalue weighted by atomic mass is 10.1. The molecular formula is C17H27IN4OS. The van der Waals surface area contributed by atoms with Gasteiger partial charge in [-0.25, -0.2) is 0 Å². The average molecular weight is 462 g/mol. The van der Waals surface area contributed by atoms with E-state index in [0.717, 1.165) is 48.8 Å². The number of aromatic nitrogens is 1. The molecule has 0 amide bonds. The fraction of sp³-hybridized carbons (Fsp3) is 0.529. The van der Waals surface area contributed by atoms with Gasteiger partial charge < -0.3 is 15.2 Å². The Bertz CT molecular complexity index is 629. The van der Waals surface area contributed by atoms with Crippen LogP contribution in [0.15, 0.2) is 21.6 Å². The first kappa shape index (κ1) is 21.0. The van der Waals surface area contributed by atoms with Gasteiger partial charge in [-0.2, -0.15) is 0 Å².